The number of hydrogen-bond donors (Lipinski definition) is 1. The number of halogens is 5. The van der Waals surface area contributed by atoms with E-state index in [-0.39, 0.29) is 12.0 Å². The van der Waals surface area contributed by atoms with Crippen molar-refractivity contribution in [3.8, 4) is 0 Å². The van der Waals surface area contributed by atoms with Crippen LogP contribution in [0.5, 0.6) is 0 Å². The zero-order valence-corrected chi connectivity index (χ0v) is 9.11. The minimum absolute atomic E-state index is 0.0334. The maximum atomic E-state index is 14.0. The van der Waals surface area contributed by atoms with E-state index in [2.05, 4.69) is 0 Å². The highest BCUT2D eigenvalue weighted by atomic mass is 19.4. The Morgan fingerprint density at radius 2 is 1.76 bits per heavy atom. The van der Waals surface area contributed by atoms with Gasteiger partial charge in [-0.2, -0.15) is 13.2 Å². The Morgan fingerprint density at radius 3 is 2.12 bits per heavy atom. The maximum absolute atomic E-state index is 14.0. The van der Waals surface area contributed by atoms with Gasteiger partial charge in [-0.15, -0.1) is 0 Å². The molecule has 1 aromatic rings. The Kier molecular flexibility index (Phi) is 3.76. The summed E-state index contributed by atoms with van der Waals surface area (Å²) in [6, 6.07) is 2.01. The van der Waals surface area contributed by atoms with E-state index < -0.39 is 29.8 Å². The molecule has 96 valence electrons. The lowest BCUT2D eigenvalue weighted by Gasteiger charge is -2.23. The predicted octanol–water partition coefficient (Wildman–Crippen LogP) is 3.38. The van der Waals surface area contributed by atoms with Gasteiger partial charge in [-0.25, -0.2) is 8.78 Å². The van der Waals surface area contributed by atoms with Crippen molar-refractivity contribution in [1.29, 1.82) is 0 Å². The summed E-state index contributed by atoms with van der Waals surface area (Å²) in [5, 5.41) is 0. The third kappa shape index (κ3) is 2.74. The van der Waals surface area contributed by atoms with E-state index in [0.29, 0.717) is 12.1 Å². The van der Waals surface area contributed by atoms with Crippen LogP contribution in [0.3, 0.4) is 0 Å². The number of alkyl halides is 4. The van der Waals surface area contributed by atoms with E-state index in [1.54, 1.807) is 0 Å². The lowest BCUT2D eigenvalue weighted by Crippen LogP contribution is -2.29. The van der Waals surface area contributed by atoms with Gasteiger partial charge in [-0.05, 0) is 24.1 Å². The third-order valence-corrected chi connectivity index (χ3v) is 2.68. The fraction of sp³-hybridized carbons (Fsp3) is 0.455. The summed E-state index contributed by atoms with van der Waals surface area (Å²) in [5.74, 6) is -1.49. The van der Waals surface area contributed by atoms with E-state index in [9.17, 15) is 22.0 Å². The molecule has 0 aliphatic rings. The Labute approximate surface area is 95.4 Å². The van der Waals surface area contributed by atoms with E-state index in [1.807, 2.05) is 0 Å². The van der Waals surface area contributed by atoms with Crippen LogP contribution in [0.15, 0.2) is 18.2 Å². The van der Waals surface area contributed by atoms with Crippen LogP contribution in [0.4, 0.5) is 22.0 Å². The number of hydrogen-bond acceptors (Lipinski definition) is 1. The van der Waals surface area contributed by atoms with Gasteiger partial charge in [0.25, 0.3) is 0 Å². The highest BCUT2D eigenvalue weighted by molar-refractivity contribution is 5.30. The van der Waals surface area contributed by atoms with Gasteiger partial charge in [0.05, 0.1) is 5.56 Å². The summed E-state index contributed by atoms with van der Waals surface area (Å²) >= 11 is 0. The van der Waals surface area contributed by atoms with E-state index in [4.69, 9.17) is 5.73 Å². The largest absolute Gasteiger partial charge is 0.419 e. The van der Waals surface area contributed by atoms with Crippen LogP contribution in [0.1, 0.15) is 24.5 Å². The molecule has 0 aromatic heterocycles. The fourth-order valence-corrected chi connectivity index (χ4v) is 1.49. The lowest BCUT2D eigenvalue weighted by molar-refractivity contribution is -0.140. The van der Waals surface area contributed by atoms with Crippen molar-refractivity contribution >= 4 is 0 Å². The molecule has 1 atom stereocenters. The molecule has 1 nitrogen and oxygen atoms in total. The molecule has 2 N–H and O–H groups in total. The Bertz CT molecular complexity index is 395. The number of benzene rings is 1. The highest BCUT2D eigenvalue weighted by Gasteiger charge is 2.36. The first-order valence-corrected chi connectivity index (χ1v) is 5.01. The van der Waals surface area contributed by atoms with Crippen LogP contribution in [0.2, 0.25) is 0 Å². The fourth-order valence-electron chi connectivity index (χ4n) is 1.49. The van der Waals surface area contributed by atoms with Gasteiger partial charge in [-0.1, -0.05) is 13.0 Å². The zero-order valence-electron chi connectivity index (χ0n) is 9.11. The van der Waals surface area contributed by atoms with Crippen molar-refractivity contribution < 1.29 is 22.0 Å². The van der Waals surface area contributed by atoms with Gasteiger partial charge in [0, 0.05) is 6.54 Å². The van der Waals surface area contributed by atoms with Gasteiger partial charge >= 0.3 is 6.18 Å². The SMILES string of the molecule is CCC(F)(CN)c1ccc(C(F)(F)F)c(F)c1. The van der Waals surface area contributed by atoms with Crippen molar-refractivity contribution in [2.45, 2.75) is 25.2 Å². The van der Waals surface area contributed by atoms with Crippen molar-refractivity contribution in [1.82, 2.24) is 0 Å². The molecule has 0 aliphatic heterocycles. The molecule has 0 aliphatic carbocycles. The van der Waals surface area contributed by atoms with Crippen LogP contribution in [-0.2, 0) is 11.8 Å². The Morgan fingerprint density at radius 1 is 1.18 bits per heavy atom. The van der Waals surface area contributed by atoms with Crippen LogP contribution in [0, 0.1) is 5.82 Å². The Balaban J connectivity index is 3.22. The molecular formula is C11H12F5N. The molecule has 6 heteroatoms. The number of rotatable bonds is 3. The van der Waals surface area contributed by atoms with Gasteiger partial charge < -0.3 is 5.73 Å². The molecule has 17 heavy (non-hydrogen) atoms. The average molecular weight is 253 g/mol. The monoisotopic (exact) mass is 253 g/mol. The highest BCUT2D eigenvalue weighted by Crippen LogP contribution is 2.35. The molecule has 0 radical (unpaired) electrons. The van der Waals surface area contributed by atoms with Crippen molar-refractivity contribution in [3.63, 3.8) is 0 Å². The second-order valence-corrected chi connectivity index (χ2v) is 3.72. The summed E-state index contributed by atoms with van der Waals surface area (Å²) in [4.78, 5) is 0. The summed E-state index contributed by atoms with van der Waals surface area (Å²) < 4.78 is 64.1. The molecule has 0 spiro atoms. The summed E-state index contributed by atoms with van der Waals surface area (Å²) in [6.45, 7) is 1.08. The second kappa shape index (κ2) is 4.60. The third-order valence-electron chi connectivity index (χ3n) is 2.68. The molecule has 0 saturated carbocycles. The molecule has 1 aromatic carbocycles. The van der Waals surface area contributed by atoms with Crippen LogP contribution < -0.4 is 5.73 Å². The van der Waals surface area contributed by atoms with Crippen LogP contribution >= 0.6 is 0 Å². The summed E-state index contributed by atoms with van der Waals surface area (Å²) in [6.07, 6.45) is -4.81. The standard InChI is InChI=1S/C11H12F5N/c1-2-10(13,6-17)7-3-4-8(9(12)5-7)11(14,15)16/h3-5H,2,6,17H2,1H3. The normalized spacial score (nSPS) is 15.7. The molecule has 0 heterocycles. The lowest BCUT2D eigenvalue weighted by atomic mass is 9.92. The minimum atomic E-state index is -4.78. The average Bonchev–Trinajstić information content (AvgIpc) is 2.26. The summed E-state index contributed by atoms with van der Waals surface area (Å²) in [5.41, 5.74) is 1.63. The number of nitrogens with two attached hydrogens (primary N) is 1. The molecule has 0 amide bonds. The quantitative estimate of drug-likeness (QED) is 0.821. The second-order valence-electron chi connectivity index (χ2n) is 3.72. The first-order valence-electron chi connectivity index (χ1n) is 5.01. The van der Waals surface area contributed by atoms with Crippen molar-refractivity contribution in [2.75, 3.05) is 6.54 Å². The van der Waals surface area contributed by atoms with Crippen molar-refractivity contribution in [3.05, 3.63) is 35.1 Å². The topological polar surface area (TPSA) is 26.0 Å². The molecular weight excluding hydrogens is 241 g/mol. The van der Waals surface area contributed by atoms with Crippen LogP contribution in [-0.4, -0.2) is 6.54 Å². The van der Waals surface area contributed by atoms with Crippen molar-refractivity contribution in [2.24, 2.45) is 5.73 Å². The van der Waals surface area contributed by atoms with E-state index in [0.717, 1.165) is 6.07 Å². The van der Waals surface area contributed by atoms with Gasteiger partial charge in [-0.3, -0.25) is 0 Å². The molecule has 1 unspecified atom stereocenters. The minimum Gasteiger partial charge on any atom is -0.327 e. The van der Waals surface area contributed by atoms with Gasteiger partial charge in [0.15, 0.2) is 0 Å². The molecule has 0 saturated heterocycles. The van der Waals surface area contributed by atoms with E-state index in [1.165, 1.54) is 6.92 Å². The summed E-state index contributed by atoms with van der Waals surface area (Å²) in [7, 11) is 0. The maximum Gasteiger partial charge on any atom is 0.419 e. The Hall–Kier alpha value is -1.17. The van der Waals surface area contributed by atoms with Gasteiger partial charge in [0.2, 0.25) is 0 Å². The van der Waals surface area contributed by atoms with Gasteiger partial charge in [0.1, 0.15) is 11.5 Å². The zero-order chi connectivity index (χ0) is 13.3. The first kappa shape index (κ1) is 13.9. The molecule has 0 bridgehead atoms. The molecule has 0 fully saturated rings. The predicted molar refractivity (Wildman–Crippen MR) is 53.5 cm³/mol. The first-order chi connectivity index (χ1) is 7.74. The smallest absolute Gasteiger partial charge is 0.327 e. The molecule has 1 rings (SSSR count). The van der Waals surface area contributed by atoms with E-state index >= 15 is 0 Å². The van der Waals surface area contributed by atoms with Crippen LogP contribution in [0.25, 0.3) is 0 Å².